The van der Waals surface area contributed by atoms with Crippen molar-refractivity contribution >= 4 is 5.90 Å². The second-order valence-corrected chi connectivity index (χ2v) is 5.03. The smallest absolute Gasteiger partial charge is 0.416 e. The molecule has 1 unspecified atom stereocenters. The molecule has 1 atom stereocenters. The van der Waals surface area contributed by atoms with Gasteiger partial charge in [0.15, 0.2) is 6.23 Å². The zero-order valence-electron chi connectivity index (χ0n) is 11.6. The molecule has 0 fully saturated rings. The van der Waals surface area contributed by atoms with Crippen LogP contribution in [0.3, 0.4) is 0 Å². The zero-order valence-corrected chi connectivity index (χ0v) is 11.6. The van der Waals surface area contributed by atoms with Crippen molar-refractivity contribution < 1.29 is 23.0 Å². The Kier molecular flexibility index (Phi) is 3.41. The number of aliphatic hydroxyl groups excluding tert-OH is 1. The predicted molar refractivity (Wildman–Crippen MR) is 74.7 cm³/mol. The number of rotatable bonds is 1. The molecule has 0 bridgehead atoms. The van der Waals surface area contributed by atoms with Gasteiger partial charge in [-0.2, -0.15) is 13.2 Å². The highest BCUT2D eigenvalue weighted by Crippen LogP contribution is 2.33. The molecule has 22 heavy (non-hydrogen) atoms. The van der Waals surface area contributed by atoms with Gasteiger partial charge in [0.25, 0.3) is 0 Å². The van der Waals surface area contributed by atoms with Crippen molar-refractivity contribution in [3.05, 3.63) is 64.7 Å². The number of benzene rings is 2. The maximum absolute atomic E-state index is 12.6. The Labute approximate surface area is 124 Å². The number of aliphatic imine (C=N–C) groups is 1. The fourth-order valence-electron chi connectivity index (χ4n) is 2.19. The molecular formula is C16H12F3NO2. The SMILES string of the molecule is Cc1ccc2c(c1)OC(c1ccc(C(F)(F)F)cc1)=NC2O. The molecule has 6 heteroatoms. The van der Waals surface area contributed by atoms with Gasteiger partial charge in [-0.3, -0.25) is 0 Å². The molecule has 0 saturated heterocycles. The van der Waals surface area contributed by atoms with E-state index in [2.05, 4.69) is 4.99 Å². The van der Waals surface area contributed by atoms with Crippen molar-refractivity contribution in [2.45, 2.75) is 19.3 Å². The summed E-state index contributed by atoms with van der Waals surface area (Å²) in [5, 5.41) is 10.0. The van der Waals surface area contributed by atoms with Crippen LogP contribution in [0.5, 0.6) is 5.75 Å². The number of halogens is 3. The van der Waals surface area contributed by atoms with Gasteiger partial charge in [-0.05, 0) is 42.8 Å². The summed E-state index contributed by atoms with van der Waals surface area (Å²) in [5.41, 5.74) is 1.10. The number of ether oxygens (including phenoxy) is 1. The van der Waals surface area contributed by atoms with E-state index in [1.807, 2.05) is 13.0 Å². The van der Waals surface area contributed by atoms with Gasteiger partial charge in [0.2, 0.25) is 5.90 Å². The van der Waals surface area contributed by atoms with Crippen molar-refractivity contribution in [2.75, 3.05) is 0 Å². The van der Waals surface area contributed by atoms with Crippen LogP contribution in [0.1, 0.15) is 28.5 Å². The van der Waals surface area contributed by atoms with E-state index >= 15 is 0 Å². The first-order valence-corrected chi connectivity index (χ1v) is 6.56. The van der Waals surface area contributed by atoms with Crippen LogP contribution in [0.4, 0.5) is 13.2 Å². The fourth-order valence-corrected chi connectivity index (χ4v) is 2.19. The number of alkyl halides is 3. The van der Waals surface area contributed by atoms with E-state index in [9.17, 15) is 18.3 Å². The maximum atomic E-state index is 12.6. The third-order valence-electron chi connectivity index (χ3n) is 3.35. The molecule has 1 heterocycles. The summed E-state index contributed by atoms with van der Waals surface area (Å²) < 4.78 is 43.3. The summed E-state index contributed by atoms with van der Waals surface area (Å²) >= 11 is 0. The van der Waals surface area contributed by atoms with Gasteiger partial charge >= 0.3 is 6.18 Å². The second kappa shape index (κ2) is 5.14. The minimum Gasteiger partial charge on any atom is -0.438 e. The quantitative estimate of drug-likeness (QED) is 0.869. The Bertz CT molecular complexity index is 736. The lowest BCUT2D eigenvalue weighted by atomic mass is 10.1. The second-order valence-electron chi connectivity index (χ2n) is 5.03. The number of hydrogen-bond donors (Lipinski definition) is 1. The van der Waals surface area contributed by atoms with Gasteiger partial charge in [0.1, 0.15) is 5.75 Å². The van der Waals surface area contributed by atoms with Gasteiger partial charge in [-0.1, -0.05) is 12.1 Å². The summed E-state index contributed by atoms with van der Waals surface area (Å²) in [7, 11) is 0. The van der Waals surface area contributed by atoms with Gasteiger partial charge in [0.05, 0.1) is 5.56 Å². The van der Waals surface area contributed by atoms with Crippen molar-refractivity contribution in [1.82, 2.24) is 0 Å². The summed E-state index contributed by atoms with van der Waals surface area (Å²) in [6, 6.07) is 9.74. The molecule has 3 nitrogen and oxygen atoms in total. The molecule has 0 aliphatic carbocycles. The van der Waals surface area contributed by atoms with E-state index in [4.69, 9.17) is 4.74 Å². The average molecular weight is 307 g/mol. The van der Waals surface area contributed by atoms with Gasteiger partial charge in [-0.15, -0.1) is 0 Å². The lowest BCUT2D eigenvalue weighted by Gasteiger charge is -2.21. The van der Waals surface area contributed by atoms with Crippen LogP contribution in [0, 0.1) is 6.92 Å². The highest BCUT2D eigenvalue weighted by molar-refractivity contribution is 5.96. The molecule has 3 rings (SSSR count). The first kappa shape index (κ1) is 14.6. The minimum atomic E-state index is -4.39. The van der Waals surface area contributed by atoms with Crippen LogP contribution < -0.4 is 4.74 Å². The molecule has 0 aromatic heterocycles. The van der Waals surface area contributed by atoms with E-state index in [1.165, 1.54) is 12.1 Å². The van der Waals surface area contributed by atoms with Gasteiger partial charge in [-0.25, -0.2) is 4.99 Å². The third-order valence-corrected chi connectivity index (χ3v) is 3.35. The number of hydrogen-bond acceptors (Lipinski definition) is 3. The summed E-state index contributed by atoms with van der Waals surface area (Å²) in [6.07, 6.45) is -5.49. The number of nitrogens with zero attached hydrogens (tertiary/aromatic N) is 1. The third kappa shape index (κ3) is 2.69. The standard InChI is InChI=1S/C16H12F3NO2/c1-9-2-7-12-13(8-9)22-15(20-14(12)21)10-3-5-11(6-4-10)16(17,18)19/h2-8,14,21H,1H3. The van der Waals surface area contributed by atoms with Crippen LogP contribution in [0.25, 0.3) is 0 Å². The lowest BCUT2D eigenvalue weighted by molar-refractivity contribution is -0.137. The first-order chi connectivity index (χ1) is 10.3. The van der Waals surface area contributed by atoms with E-state index < -0.39 is 18.0 Å². The number of fused-ring (bicyclic) bond motifs is 1. The zero-order chi connectivity index (χ0) is 15.9. The average Bonchev–Trinajstić information content (AvgIpc) is 2.46. The largest absolute Gasteiger partial charge is 0.438 e. The Balaban J connectivity index is 1.93. The highest BCUT2D eigenvalue weighted by atomic mass is 19.4. The van der Waals surface area contributed by atoms with Crippen molar-refractivity contribution in [1.29, 1.82) is 0 Å². The van der Waals surface area contributed by atoms with E-state index in [0.717, 1.165) is 17.7 Å². The molecular weight excluding hydrogens is 295 g/mol. The van der Waals surface area contributed by atoms with Gasteiger partial charge < -0.3 is 9.84 Å². The molecule has 1 aliphatic rings. The number of aryl methyl sites for hydroxylation is 1. The van der Waals surface area contributed by atoms with Crippen LogP contribution in [-0.4, -0.2) is 11.0 Å². The minimum absolute atomic E-state index is 0.0966. The topological polar surface area (TPSA) is 41.8 Å². The van der Waals surface area contributed by atoms with E-state index in [-0.39, 0.29) is 5.90 Å². The Morgan fingerprint density at radius 3 is 2.41 bits per heavy atom. The Morgan fingerprint density at radius 2 is 1.77 bits per heavy atom. The molecule has 1 N–H and O–H groups in total. The van der Waals surface area contributed by atoms with Gasteiger partial charge in [0, 0.05) is 11.1 Å². The lowest BCUT2D eigenvalue weighted by Crippen LogP contribution is -2.19. The molecule has 2 aromatic rings. The first-order valence-electron chi connectivity index (χ1n) is 6.56. The van der Waals surface area contributed by atoms with Crippen LogP contribution >= 0.6 is 0 Å². The van der Waals surface area contributed by atoms with E-state index in [0.29, 0.717) is 16.9 Å². The monoisotopic (exact) mass is 307 g/mol. The maximum Gasteiger partial charge on any atom is 0.416 e. The normalized spacial score (nSPS) is 17.5. The van der Waals surface area contributed by atoms with Crippen LogP contribution in [0.2, 0.25) is 0 Å². The van der Waals surface area contributed by atoms with Crippen LogP contribution in [-0.2, 0) is 6.18 Å². The Morgan fingerprint density at radius 1 is 1.09 bits per heavy atom. The Hall–Kier alpha value is -2.34. The van der Waals surface area contributed by atoms with Crippen molar-refractivity contribution in [3.63, 3.8) is 0 Å². The van der Waals surface area contributed by atoms with Crippen LogP contribution in [0.15, 0.2) is 47.5 Å². The molecule has 0 spiro atoms. The summed E-state index contributed by atoms with van der Waals surface area (Å²) in [4.78, 5) is 3.98. The molecule has 1 aliphatic heterocycles. The number of aliphatic hydroxyl groups is 1. The summed E-state index contributed by atoms with van der Waals surface area (Å²) in [5.74, 6) is 0.553. The fraction of sp³-hybridized carbons (Fsp3) is 0.188. The van der Waals surface area contributed by atoms with Crippen molar-refractivity contribution in [2.24, 2.45) is 4.99 Å². The summed E-state index contributed by atoms with van der Waals surface area (Å²) in [6.45, 7) is 1.87. The highest BCUT2D eigenvalue weighted by Gasteiger charge is 2.30. The predicted octanol–water partition coefficient (Wildman–Crippen LogP) is 3.84. The van der Waals surface area contributed by atoms with E-state index in [1.54, 1.807) is 12.1 Å². The molecule has 0 radical (unpaired) electrons. The molecule has 0 amide bonds. The van der Waals surface area contributed by atoms with Crippen molar-refractivity contribution in [3.8, 4) is 5.75 Å². The molecule has 2 aromatic carbocycles. The molecule has 0 saturated carbocycles. The molecule has 114 valence electrons.